The summed E-state index contributed by atoms with van der Waals surface area (Å²) in [6.07, 6.45) is 0. The molecule has 4 rings (SSSR count). The van der Waals surface area contributed by atoms with E-state index in [-0.39, 0.29) is 11.1 Å². The molecule has 26 heavy (non-hydrogen) atoms. The Morgan fingerprint density at radius 1 is 1.12 bits per heavy atom. The van der Waals surface area contributed by atoms with Gasteiger partial charge < -0.3 is 9.40 Å². The molecule has 7 heteroatoms. The van der Waals surface area contributed by atoms with Gasteiger partial charge in [-0.2, -0.15) is 0 Å². The molecule has 132 valence electrons. The first kappa shape index (κ1) is 17.1. The molecule has 0 bridgehead atoms. The Morgan fingerprint density at radius 2 is 1.92 bits per heavy atom. The van der Waals surface area contributed by atoms with Crippen molar-refractivity contribution in [1.82, 2.24) is 14.9 Å². The minimum absolute atomic E-state index is 0.252. The summed E-state index contributed by atoms with van der Waals surface area (Å²) >= 11 is 12.0. The number of para-hydroxylation sites is 1. The highest BCUT2D eigenvalue weighted by Gasteiger charge is 2.14. The molecule has 0 aliphatic carbocycles. The lowest BCUT2D eigenvalue weighted by atomic mass is 10.2. The molecule has 0 amide bonds. The van der Waals surface area contributed by atoms with Crippen LogP contribution in [0.25, 0.3) is 22.1 Å². The molecular formula is C19H15Cl2N3O2. The zero-order chi connectivity index (χ0) is 18.3. The molecule has 0 atom stereocenters. The highest BCUT2D eigenvalue weighted by atomic mass is 35.5. The van der Waals surface area contributed by atoms with Crippen LogP contribution in [0.4, 0.5) is 0 Å². The summed E-state index contributed by atoms with van der Waals surface area (Å²) in [5, 5.41) is 1.89. The van der Waals surface area contributed by atoms with Crippen molar-refractivity contribution in [2.75, 3.05) is 7.05 Å². The average molecular weight is 388 g/mol. The van der Waals surface area contributed by atoms with E-state index >= 15 is 0 Å². The fourth-order valence-electron chi connectivity index (χ4n) is 2.98. The summed E-state index contributed by atoms with van der Waals surface area (Å²) in [6.45, 7) is 1.12. The van der Waals surface area contributed by atoms with Crippen molar-refractivity contribution in [3.63, 3.8) is 0 Å². The van der Waals surface area contributed by atoms with E-state index in [2.05, 4.69) is 9.97 Å². The zero-order valence-corrected chi connectivity index (χ0v) is 15.4. The Balaban J connectivity index is 1.63. The van der Waals surface area contributed by atoms with Gasteiger partial charge in [0.05, 0.1) is 16.6 Å². The number of nitrogens with zero attached hydrogens (tertiary/aromatic N) is 2. The number of furan rings is 1. The summed E-state index contributed by atoms with van der Waals surface area (Å²) in [6, 6.07) is 13.0. The van der Waals surface area contributed by atoms with Crippen molar-refractivity contribution in [3.8, 4) is 0 Å². The number of hydrogen-bond donors (Lipinski definition) is 1. The lowest BCUT2D eigenvalue weighted by Gasteiger charge is -2.16. The summed E-state index contributed by atoms with van der Waals surface area (Å²) in [5.41, 5.74) is 2.24. The van der Waals surface area contributed by atoms with Crippen molar-refractivity contribution >= 4 is 45.3 Å². The number of halogens is 2. The quantitative estimate of drug-likeness (QED) is 0.555. The minimum Gasteiger partial charge on any atom is -0.449 e. The van der Waals surface area contributed by atoms with Gasteiger partial charge in [0.15, 0.2) is 0 Å². The molecule has 0 fully saturated rings. The molecule has 1 N–H and O–H groups in total. The Morgan fingerprint density at radius 3 is 2.73 bits per heavy atom. The molecule has 0 spiro atoms. The molecule has 0 saturated carbocycles. The Labute approximate surface area is 159 Å². The maximum absolute atomic E-state index is 12.4. The standard InChI is InChI=1S/C19H15Cl2N3O2/c1-24(9-11-6-7-13(20)14(21)8-11)10-16-22-17-12-4-2-3-5-15(12)26-18(17)19(25)23-16/h2-8H,9-10H2,1H3,(H,22,23,25). The Hall–Kier alpha value is -2.34. The van der Waals surface area contributed by atoms with E-state index < -0.39 is 0 Å². The molecule has 2 aromatic heterocycles. The second-order valence-corrected chi connectivity index (χ2v) is 7.02. The largest absolute Gasteiger partial charge is 0.449 e. The smallest absolute Gasteiger partial charge is 0.294 e. The Kier molecular flexibility index (Phi) is 4.44. The van der Waals surface area contributed by atoms with Crippen LogP contribution in [0, 0.1) is 0 Å². The van der Waals surface area contributed by atoms with Gasteiger partial charge in [0.2, 0.25) is 5.58 Å². The number of benzene rings is 2. The number of fused-ring (bicyclic) bond motifs is 3. The van der Waals surface area contributed by atoms with Crippen molar-refractivity contribution < 1.29 is 4.42 Å². The van der Waals surface area contributed by atoms with E-state index in [1.54, 1.807) is 6.07 Å². The number of aromatic nitrogens is 2. The van der Waals surface area contributed by atoms with E-state index in [0.717, 1.165) is 10.9 Å². The number of aromatic amines is 1. The van der Waals surface area contributed by atoms with Crippen LogP contribution in [-0.2, 0) is 13.1 Å². The third kappa shape index (κ3) is 3.21. The Bertz CT molecular complexity index is 1170. The summed E-state index contributed by atoms with van der Waals surface area (Å²) < 4.78 is 5.62. The molecule has 0 aliphatic rings. The predicted molar refractivity (Wildman–Crippen MR) is 104 cm³/mol. The third-order valence-electron chi connectivity index (χ3n) is 4.14. The zero-order valence-electron chi connectivity index (χ0n) is 13.9. The molecule has 5 nitrogen and oxygen atoms in total. The van der Waals surface area contributed by atoms with Gasteiger partial charge in [-0.05, 0) is 36.9 Å². The van der Waals surface area contributed by atoms with Crippen LogP contribution in [0.15, 0.2) is 51.7 Å². The lowest BCUT2D eigenvalue weighted by molar-refractivity contribution is 0.310. The highest BCUT2D eigenvalue weighted by Crippen LogP contribution is 2.25. The summed E-state index contributed by atoms with van der Waals surface area (Å²) in [7, 11) is 1.94. The molecule has 0 radical (unpaired) electrons. The topological polar surface area (TPSA) is 62.1 Å². The molecule has 4 aromatic rings. The first-order valence-electron chi connectivity index (χ1n) is 8.04. The molecule has 0 saturated heterocycles. The van der Waals surface area contributed by atoms with E-state index in [0.29, 0.717) is 40.1 Å². The van der Waals surface area contributed by atoms with Crippen molar-refractivity contribution in [2.45, 2.75) is 13.1 Å². The van der Waals surface area contributed by atoms with Crippen molar-refractivity contribution in [2.24, 2.45) is 0 Å². The van der Waals surface area contributed by atoms with Crippen LogP contribution < -0.4 is 5.56 Å². The van der Waals surface area contributed by atoms with Crippen LogP contribution >= 0.6 is 23.2 Å². The average Bonchev–Trinajstić information content (AvgIpc) is 2.98. The fourth-order valence-corrected chi connectivity index (χ4v) is 3.30. The van der Waals surface area contributed by atoms with E-state index in [9.17, 15) is 4.79 Å². The normalized spacial score (nSPS) is 11.7. The molecule has 2 aromatic carbocycles. The van der Waals surface area contributed by atoms with E-state index in [4.69, 9.17) is 27.6 Å². The van der Waals surface area contributed by atoms with Gasteiger partial charge >= 0.3 is 0 Å². The van der Waals surface area contributed by atoms with Crippen LogP contribution in [-0.4, -0.2) is 21.9 Å². The third-order valence-corrected chi connectivity index (χ3v) is 4.88. The van der Waals surface area contributed by atoms with Gasteiger partial charge in [-0.3, -0.25) is 9.69 Å². The van der Waals surface area contributed by atoms with Gasteiger partial charge in [0.25, 0.3) is 5.56 Å². The number of hydrogen-bond acceptors (Lipinski definition) is 4. The number of H-pyrrole nitrogens is 1. The molecule has 0 unspecified atom stereocenters. The predicted octanol–water partition coefficient (Wildman–Crippen LogP) is 4.61. The van der Waals surface area contributed by atoms with Gasteiger partial charge in [-0.1, -0.05) is 41.4 Å². The van der Waals surface area contributed by atoms with Gasteiger partial charge in [0.1, 0.15) is 16.9 Å². The second-order valence-electron chi connectivity index (χ2n) is 6.21. The van der Waals surface area contributed by atoms with Crippen molar-refractivity contribution in [1.29, 1.82) is 0 Å². The summed E-state index contributed by atoms with van der Waals surface area (Å²) in [4.78, 5) is 21.8. The molecule has 0 aliphatic heterocycles. The first-order chi connectivity index (χ1) is 12.5. The molecule has 2 heterocycles. The van der Waals surface area contributed by atoms with E-state index in [1.807, 2.05) is 48.3 Å². The number of rotatable bonds is 4. The van der Waals surface area contributed by atoms with Crippen LogP contribution in [0.2, 0.25) is 10.0 Å². The fraction of sp³-hybridized carbons (Fsp3) is 0.158. The van der Waals surface area contributed by atoms with Crippen LogP contribution in [0.5, 0.6) is 0 Å². The maximum Gasteiger partial charge on any atom is 0.294 e. The lowest BCUT2D eigenvalue weighted by Crippen LogP contribution is -2.21. The van der Waals surface area contributed by atoms with Gasteiger partial charge in [0, 0.05) is 11.9 Å². The minimum atomic E-state index is -0.274. The maximum atomic E-state index is 12.4. The molecular weight excluding hydrogens is 373 g/mol. The highest BCUT2D eigenvalue weighted by molar-refractivity contribution is 6.42. The first-order valence-corrected chi connectivity index (χ1v) is 8.80. The van der Waals surface area contributed by atoms with Gasteiger partial charge in [-0.15, -0.1) is 0 Å². The van der Waals surface area contributed by atoms with Gasteiger partial charge in [-0.25, -0.2) is 4.98 Å². The van der Waals surface area contributed by atoms with E-state index in [1.165, 1.54) is 0 Å². The van der Waals surface area contributed by atoms with Crippen LogP contribution in [0.1, 0.15) is 11.4 Å². The van der Waals surface area contributed by atoms with Crippen LogP contribution in [0.3, 0.4) is 0 Å². The second kappa shape index (κ2) is 6.76. The monoisotopic (exact) mass is 387 g/mol. The van der Waals surface area contributed by atoms with Crippen molar-refractivity contribution in [3.05, 3.63) is 74.3 Å². The summed E-state index contributed by atoms with van der Waals surface area (Å²) in [5.74, 6) is 0.580. The SMILES string of the molecule is CN(Cc1ccc(Cl)c(Cl)c1)Cc1nc2c(oc3ccccc32)c(=O)[nH]1. The number of nitrogens with one attached hydrogen (secondary N) is 1.